The first-order valence-corrected chi connectivity index (χ1v) is 5.39. The molecular weight excluding hydrogens is 263 g/mol. The Morgan fingerprint density at radius 3 is 2.71 bits per heavy atom. The van der Waals surface area contributed by atoms with E-state index in [4.69, 9.17) is 28.9 Å². The number of nitrogens with one attached hydrogen (secondary N) is 2. The fraction of sp³-hybridized carbons (Fsp3) is 0. The summed E-state index contributed by atoms with van der Waals surface area (Å²) in [6.45, 7) is 0. The highest BCUT2D eigenvalue weighted by Crippen LogP contribution is 2.22. The van der Waals surface area contributed by atoms with Gasteiger partial charge in [-0.05, 0) is 18.2 Å². The van der Waals surface area contributed by atoms with Crippen molar-refractivity contribution in [2.75, 3.05) is 11.1 Å². The summed E-state index contributed by atoms with van der Waals surface area (Å²) >= 11 is 11.4. The third-order valence-corrected chi connectivity index (χ3v) is 2.71. The van der Waals surface area contributed by atoms with Crippen LogP contribution in [0.1, 0.15) is 10.5 Å². The molecule has 2 aromatic rings. The third kappa shape index (κ3) is 2.69. The Labute approximate surface area is 107 Å². The number of amides is 1. The van der Waals surface area contributed by atoms with Crippen molar-refractivity contribution in [3.05, 3.63) is 40.3 Å². The number of H-pyrrole nitrogens is 1. The molecule has 0 aliphatic rings. The summed E-state index contributed by atoms with van der Waals surface area (Å²) in [7, 11) is 0. The second kappa shape index (κ2) is 4.65. The first kappa shape index (κ1) is 11.8. The maximum absolute atomic E-state index is 11.7. The van der Waals surface area contributed by atoms with Crippen LogP contribution in [0.25, 0.3) is 0 Å². The van der Waals surface area contributed by atoms with Gasteiger partial charge in [-0.2, -0.15) is 0 Å². The molecule has 0 aromatic carbocycles. The summed E-state index contributed by atoms with van der Waals surface area (Å²) in [5.74, 6) is 0.0272. The maximum Gasteiger partial charge on any atom is 0.272 e. The smallest absolute Gasteiger partial charge is 0.272 e. The first-order valence-electron chi connectivity index (χ1n) is 4.63. The van der Waals surface area contributed by atoms with Crippen LogP contribution < -0.4 is 11.1 Å². The van der Waals surface area contributed by atoms with Crippen LogP contribution in [0.4, 0.5) is 11.5 Å². The average molecular weight is 271 g/mol. The van der Waals surface area contributed by atoms with Gasteiger partial charge in [0, 0.05) is 0 Å². The number of nitrogens with zero attached hydrogens (tertiary/aromatic N) is 1. The van der Waals surface area contributed by atoms with Crippen LogP contribution in [0.5, 0.6) is 0 Å². The van der Waals surface area contributed by atoms with E-state index in [1.807, 2.05) is 0 Å². The molecule has 5 nitrogen and oxygen atoms in total. The lowest BCUT2D eigenvalue weighted by molar-refractivity contribution is 0.102. The van der Waals surface area contributed by atoms with E-state index in [9.17, 15) is 4.79 Å². The Balaban J connectivity index is 2.14. The molecule has 0 unspecified atom stereocenters. The van der Waals surface area contributed by atoms with Crippen molar-refractivity contribution >= 4 is 40.6 Å². The number of pyridine rings is 1. The molecule has 4 N–H and O–H groups in total. The number of carbonyl (C=O) groups is 1. The molecule has 0 saturated carbocycles. The summed E-state index contributed by atoms with van der Waals surface area (Å²) in [6.07, 6.45) is 1.46. The van der Waals surface area contributed by atoms with E-state index in [2.05, 4.69) is 15.3 Å². The highest BCUT2D eigenvalue weighted by molar-refractivity contribution is 6.41. The van der Waals surface area contributed by atoms with E-state index in [-0.39, 0.29) is 16.8 Å². The summed E-state index contributed by atoms with van der Waals surface area (Å²) in [5.41, 5.74) is 6.24. The van der Waals surface area contributed by atoms with Crippen LogP contribution in [0, 0.1) is 0 Å². The zero-order valence-electron chi connectivity index (χ0n) is 8.50. The fourth-order valence-electron chi connectivity index (χ4n) is 1.20. The van der Waals surface area contributed by atoms with E-state index in [0.29, 0.717) is 16.5 Å². The van der Waals surface area contributed by atoms with Gasteiger partial charge in [-0.15, -0.1) is 0 Å². The summed E-state index contributed by atoms with van der Waals surface area (Å²) < 4.78 is 0. The molecule has 88 valence electrons. The number of nitrogen functional groups attached to an aromatic ring is 1. The van der Waals surface area contributed by atoms with Gasteiger partial charge >= 0.3 is 0 Å². The van der Waals surface area contributed by atoms with Crippen LogP contribution in [-0.2, 0) is 0 Å². The molecule has 2 rings (SSSR count). The SMILES string of the molecule is Nc1ccc(NC(=O)c2cc(Cl)c(Cl)[nH]2)cn1. The molecule has 1 amide bonds. The highest BCUT2D eigenvalue weighted by atomic mass is 35.5. The molecule has 17 heavy (non-hydrogen) atoms. The predicted molar refractivity (Wildman–Crippen MR) is 67.4 cm³/mol. The van der Waals surface area contributed by atoms with E-state index >= 15 is 0 Å². The van der Waals surface area contributed by atoms with Crippen molar-refractivity contribution in [2.45, 2.75) is 0 Å². The fourth-order valence-corrected chi connectivity index (χ4v) is 1.52. The van der Waals surface area contributed by atoms with Gasteiger partial charge in [0.2, 0.25) is 0 Å². The molecule has 0 aliphatic carbocycles. The minimum atomic E-state index is -0.356. The molecule has 0 radical (unpaired) electrons. The normalized spacial score (nSPS) is 10.2. The van der Waals surface area contributed by atoms with Crippen molar-refractivity contribution in [3.8, 4) is 0 Å². The second-order valence-corrected chi connectivity index (χ2v) is 4.06. The Morgan fingerprint density at radius 1 is 1.41 bits per heavy atom. The molecular formula is C10H8Cl2N4O. The predicted octanol–water partition coefficient (Wildman–Crippen LogP) is 2.55. The van der Waals surface area contributed by atoms with E-state index in [0.717, 1.165) is 0 Å². The van der Waals surface area contributed by atoms with Crippen LogP contribution in [0.2, 0.25) is 10.2 Å². The van der Waals surface area contributed by atoms with Gasteiger partial charge in [0.1, 0.15) is 16.7 Å². The number of hydrogen-bond acceptors (Lipinski definition) is 3. The van der Waals surface area contributed by atoms with E-state index in [1.54, 1.807) is 12.1 Å². The number of anilines is 2. The largest absolute Gasteiger partial charge is 0.384 e. The number of hydrogen-bond donors (Lipinski definition) is 3. The quantitative estimate of drug-likeness (QED) is 0.784. The molecule has 0 aliphatic heterocycles. The van der Waals surface area contributed by atoms with E-state index < -0.39 is 0 Å². The Morgan fingerprint density at radius 2 is 2.18 bits per heavy atom. The van der Waals surface area contributed by atoms with Crippen molar-refractivity contribution in [1.29, 1.82) is 0 Å². The molecule has 0 bridgehead atoms. The summed E-state index contributed by atoms with van der Waals surface area (Å²) in [6, 6.07) is 4.68. The Hall–Kier alpha value is -1.72. The number of aromatic nitrogens is 2. The van der Waals surface area contributed by atoms with E-state index in [1.165, 1.54) is 12.3 Å². The topological polar surface area (TPSA) is 83.8 Å². The van der Waals surface area contributed by atoms with Gasteiger partial charge in [0.25, 0.3) is 5.91 Å². The monoisotopic (exact) mass is 270 g/mol. The maximum atomic E-state index is 11.7. The van der Waals surface area contributed by atoms with Crippen molar-refractivity contribution < 1.29 is 4.79 Å². The third-order valence-electron chi connectivity index (χ3n) is 2.01. The molecule has 0 saturated heterocycles. The molecule has 0 atom stereocenters. The van der Waals surface area contributed by atoms with Gasteiger partial charge in [0.15, 0.2) is 0 Å². The lowest BCUT2D eigenvalue weighted by Gasteiger charge is -2.02. The second-order valence-electron chi connectivity index (χ2n) is 3.27. The molecule has 0 fully saturated rings. The van der Waals surface area contributed by atoms with Crippen LogP contribution in [0.15, 0.2) is 24.4 Å². The lowest BCUT2D eigenvalue weighted by atomic mass is 10.3. The molecule has 2 heterocycles. The van der Waals surface area contributed by atoms with Crippen molar-refractivity contribution in [1.82, 2.24) is 9.97 Å². The lowest BCUT2D eigenvalue weighted by Crippen LogP contribution is -2.12. The van der Waals surface area contributed by atoms with Gasteiger partial charge in [-0.3, -0.25) is 4.79 Å². The standard InChI is InChI=1S/C10H8Cl2N4O/c11-6-3-7(16-9(6)12)10(17)15-5-1-2-8(13)14-4-5/h1-4,16H,(H2,13,14)(H,15,17). The van der Waals surface area contributed by atoms with Gasteiger partial charge in [-0.25, -0.2) is 4.98 Å². The van der Waals surface area contributed by atoms with Gasteiger partial charge in [-0.1, -0.05) is 23.2 Å². The molecule has 7 heteroatoms. The Kier molecular flexibility index (Phi) is 3.21. The minimum Gasteiger partial charge on any atom is -0.384 e. The highest BCUT2D eigenvalue weighted by Gasteiger charge is 2.11. The molecule has 2 aromatic heterocycles. The van der Waals surface area contributed by atoms with Gasteiger partial charge < -0.3 is 16.0 Å². The molecule has 0 spiro atoms. The van der Waals surface area contributed by atoms with Crippen LogP contribution >= 0.6 is 23.2 Å². The zero-order chi connectivity index (χ0) is 12.4. The first-order chi connectivity index (χ1) is 8.06. The van der Waals surface area contributed by atoms with Crippen molar-refractivity contribution in [3.63, 3.8) is 0 Å². The van der Waals surface area contributed by atoms with Crippen LogP contribution in [0.3, 0.4) is 0 Å². The summed E-state index contributed by atoms with van der Waals surface area (Å²) in [4.78, 5) is 18.2. The number of rotatable bonds is 2. The van der Waals surface area contributed by atoms with Gasteiger partial charge in [0.05, 0.1) is 16.9 Å². The van der Waals surface area contributed by atoms with Crippen molar-refractivity contribution in [2.24, 2.45) is 0 Å². The average Bonchev–Trinajstić information content (AvgIpc) is 2.63. The zero-order valence-corrected chi connectivity index (χ0v) is 10.0. The number of nitrogens with two attached hydrogens (primary N) is 1. The Bertz CT molecular complexity index is 530. The van der Waals surface area contributed by atoms with Crippen LogP contribution in [-0.4, -0.2) is 15.9 Å². The number of halogens is 2. The summed E-state index contributed by atoms with van der Waals surface area (Å²) in [5, 5.41) is 3.15. The number of carbonyl (C=O) groups excluding carboxylic acids is 1. The minimum absolute atomic E-state index is 0.229. The number of aromatic amines is 1.